The predicted octanol–water partition coefficient (Wildman–Crippen LogP) is 8.25. The quantitative estimate of drug-likeness (QED) is 0.159. The molecule has 4 aromatic carbocycles. The molecule has 7 aromatic rings. The molecule has 0 unspecified atom stereocenters. The molecule has 0 saturated heterocycles. The third-order valence-corrected chi connectivity index (χ3v) is 10.3. The maximum absolute atomic E-state index is 15.2. The van der Waals surface area contributed by atoms with E-state index in [0.717, 1.165) is 22.3 Å². The largest absolute Gasteiger partial charge is 0.494 e. The molecule has 53 heavy (non-hydrogen) atoms. The van der Waals surface area contributed by atoms with E-state index in [1.807, 2.05) is 88.4 Å². The fourth-order valence-corrected chi connectivity index (χ4v) is 7.62. The van der Waals surface area contributed by atoms with Gasteiger partial charge in [-0.3, -0.25) is 32.8 Å². The first-order valence-corrected chi connectivity index (χ1v) is 17.7. The lowest BCUT2D eigenvalue weighted by Crippen LogP contribution is -2.34. The van der Waals surface area contributed by atoms with Crippen LogP contribution in [-0.4, -0.2) is 33.5 Å². The summed E-state index contributed by atoms with van der Waals surface area (Å²) in [7, 11) is 0. The Morgan fingerprint density at radius 1 is 0.491 bits per heavy atom. The summed E-state index contributed by atoms with van der Waals surface area (Å²) >= 11 is 12.0. The van der Waals surface area contributed by atoms with Crippen molar-refractivity contribution < 1.29 is 10.2 Å². The molecule has 3 heterocycles. The van der Waals surface area contributed by atoms with Crippen LogP contribution in [0.2, 0.25) is 0 Å². The van der Waals surface area contributed by atoms with Gasteiger partial charge in [-0.1, -0.05) is 72.8 Å². The maximum Gasteiger partial charge on any atom is 0.266 e. The highest BCUT2D eigenvalue weighted by Gasteiger charge is 2.35. The summed E-state index contributed by atoms with van der Waals surface area (Å²) in [6.07, 6.45) is 3.06. The summed E-state index contributed by atoms with van der Waals surface area (Å²) in [6.45, 7) is 7.48. The van der Waals surface area contributed by atoms with Gasteiger partial charge in [-0.05, 0) is 116 Å². The fraction of sp³-hybridized carbons (Fsp3) is 0.119. The topological polar surface area (TPSA) is 107 Å². The molecule has 0 aliphatic rings. The van der Waals surface area contributed by atoms with Gasteiger partial charge in [0, 0.05) is 12.4 Å². The van der Waals surface area contributed by atoms with Gasteiger partial charge in [0.1, 0.15) is 0 Å². The Hall–Kier alpha value is -6.17. The van der Waals surface area contributed by atoms with Crippen LogP contribution < -0.4 is 11.1 Å². The first-order valence-electron chi connectivity index (χ1n) is 16.9. The highest BCUT2D eigenvalue weighted by molar-refractivity contribution is 7.71. The van der Waals surface area contributed by atoms with Crippen LogP contribution in [0.1, 0.15) is 44.9 Å². The Bertz CT molecular complexity index is 2630. The third-order valence-electron chi connectivity index (χ3n) is 9.58. The molecule has 0 amide bonds. The first kappa shape index (κ1) is 35.2. The molecule has 0 spiro atoms. The first-order chi connectivity index (χ1) is 25.5. The molecule has 3 aromatic heterocycles. The lowest BCUT2D eigenvalue weighted by Gasteiger charge is -2.26. The minimum absolute atomic E-state index is 0.0192. The number of hydrogen-bond acceptors (Lipinski definition) is 7. The van der Waals surface area contributed by atoms with E-state index in [0.29, 0.717) is 28.3 Å². The second kappa shape index (κ2) is 14.1. The highest BCUT2D eigenvalue weighted by atomic mass is 32.1. The van der Waals surface area contributed by atoms with Gasteiger partial charge < -0.3 is 10.2 Å². The lowest BCUT2D eigenvalue weighted by atomic mass is 9.87. The molecule has 0 radical (unpaired) electrons. The molecule has 2 N–H and O–H groups in total. The van der Waals surface area contributed by atoms with Crippen molar-refractivity contribution >= 4 is 24.4 Å². The van der Waals surface area contributed by atoms with Crippen molar-refractivity contribution in [3.05, 3.63) is 191 Å². The monoisotopic (exact) mass is 737 g/mol. The van der Waals surface area contributed by atoms with Gasteiger partial charge >= 0.3 is 0 Å². The van der Waals surface area contributed by atoms with Gasteiger partial charge in [0.05, 0.1) is 39.8 Å². The molecular weight excluding hydrogens is 703 g/mol. The zero-order valence-corrected chi connectivity index (χ0v) is 31.0. The number of pyridine rings is 1. The van der Waals surface area contributed by atoms with E-state index in [1.165, 1.54) is 30.7 Å². The van der Waals surface area contributed by atoms with E-state index in [1.54, 1.807) is 48.5 Å². The van der Waals surface area contributed by atoms with Gasteiger partial charge in [0.25, 0.3) is 11.1 Å². The molecule has 11 heteroatoms. The summed E-state index contributed by atoms with van der Waals surface area (Å²) in [5.41, 5.74) is 3.83. The van der Waals surface area contributed by atoms with Crippen LogP contribution in [0.4, 0.5) is 0 Å². The van der Waals surface area contributed by atoms with E-state index in [2.05, 4.69) is 4.98 Å². The molecule has 0 fully saturated rings. The van der Waals surface area contributed by atoms with E-state index in [4.69, 9.17) is 24.4 Å². The molecule has 9 nitrogen and oxygen atoms in total. The van der Waals surface area contributed by atoms with Crippen LogP contribution in [0, 0.1) is 37.2 Å². The Morgan fingerprint density at radius 2 is 0.792 bits per heavy atom. The van der Waals surface area contributed by atoms with Crippen LogP contribution in [0.5, 0.6) is 11.8 Å². The van der Waals surface area contributed by atoms with Gasteiger partial charge in [-0.2, -0.15) is 0 Å². The van der Waals surface area contributed by atoms with Crippen molar-refractivity contribution in [1.29, 1.82) is 0 Å². The molecular formula is C42H35N5O4S2. The Balaban J connectivity index is 1.73. The van der Waals surface area contributed by atoms with Crippen molar-refractivity contribution in [1.82, 2.24) is 23.3 Å². The van der Waals surface area contributed by atoms with Crippen molar-refractivity contribution in [2.45, 2.75) is 33.6 Å². The zero-order valence-electron chi connectivity index (χ0n) is 29.4. The Kier molecular flexibility index (Phi) is 9.37. The lowest BCUT2D eigenvalue weighted by molar-refractivity contribution is 0.410. The fourth-order valence-electron chi connectivity index (χ4n) is 6.88. The average molecular weight is 738 g/mol. The normalized spacial score (nSPS) is 11.3. The van der Waals surface area contributed by atoms with Crippen LogP contribution in [-0.2, 0) is 0 Å². The molecule has 0 saturated carbocycles. The van der Waals surface area contributed by atoms with E-state index in [-0.39, 0.29) is 20.7 Å². The minimum Gasteiger partial charge on any atom is -0.494 e. The summed E-state index contributed by atoms with van der Waals surface area (Å²) in [5, 5.41) is 25.0. The number of para-hydroxylation sites is 4. The number of aromatic hydroxyl groups is 2. The summed E-state index contributed by atoms with van der Waals surface area (Å²) in [6, 6.07) is 32.6. The number of aryl methyl sites for hydroxylation is 4. The van der Waals surface area contributed by atoms with Crippen LogP contribution >= 0.6 is 24.4 Å². The second-order valence-electron chi connectivity index (χ2n) is 12.9. The molecule has 7 rings (SSSR count). The molecule has 0 aliphatic carbocycles. The summed E-state index contributed by atoms with van der Waals surface area (Å²) in [4.78, 5) is 34.6. The Labute approximate surface area is 315 Å². The Morgan fingerprint density at radius 3 is 1.11 bits per heavy atom. The average Bonchev–Trinajstić information content (AvgIpc) is 3.14. The van der Waals surface area contributed by atoms with Crippen molar-refractivity contribution in [3.8, 4) is 34.5 Å². The molecule has 264 valence electrons. The summed E-state index contributed by atoms with van der Waals surface area (Å²) in [5.74, 6) is -2.31. The number of hydrogen-bond donors (Lipinski definition) is 2. The van der Waals surface area contributed by atoms with Crippen molar-refractivity contribution in [3.63, 3.8) is 0 Å². The smallest absolute Gasteiger partial charge is 0.266 e. The highest BCUT2D eigenvalue weighted by Crippen LogP contribution is 2.40. The predicted molar refractivity (Wildman–Crippen MR) is 212 cm³/mol. The van der Waals surface area contributed by atoms with Crippen LogP contribution in [0.3, 0.4) is 0 Å². The second-order valence-corrected chi connectivity index (χ2v) is 13.6. The van der Waals surface area contributed by atoms with Gasteiger partial charge in [-0.25, -0.2) is 0 Å². The molecule has 0 atom stereocenters. The summed E-state index contributed by atoms with van der Waals surface area (Å²) < 4.78 is 5.66. The van der Waals surface area contributed by atoms with Crippen LogP contribution in [0.15, 0.2) is 131 Å². The number of benzene rings is 4. The van der Waals surface area contributed by atoms with Gasteiger partial charge in [-0.15, -0.1) is 0 Å². The van der Waals surface area contributed by atoms with E-state index in [9.17, 15) is 10.2 Å². The SMILES string of the molecule is Cc1ccccc1-n1c(O)c(C(c2ccncc2)c2c(O)n(-c3ccccc3C)c(=S)n(-c3ccccc3C)c2=O)c(=O)n(-c2ccccc2C)c1=S. The van der Waals surface area contributed by atoms with E-state index < -0.39 is 28.8 Å². The minimum atomic E-state index is -1.35. The van der Waals surface area contributed by atoms with Crippen molar-refractivity contribution in [2.24, 2.45) is 0 Å². The van der Waals surface area contributed by atoms with Crippen molar-refractivity contribution in [2.75, 3.05) is 0 Å². The molecule has 0 bridgehead atoms. The van der Waals surface area contributed by atoms with E-state index >= 15 is 9.59 Å². The number of nitrogens with zero attached hydrogens (tertiary/aromatic N) is 5. The number of aromatic nitrogens is 5. The van der Waals surface area contributed by atoms with Gasteiger partial charge in [0.2, 0.25) is 11.8 Å². The third kappa shape index (κ3) is 5.93. The molecule has 0 aliphatic heterocycles. The van der Waals surface area contributed by atoms with Crippen LogP contribution in [0.25, 0.3) is 22.7 Å². The zero-order chi connectivity index (χ0) is 37.6. The standard InChI is InChI=1S/C42H35N5O4S2/c1-25-13-5-9-17-30(25)44-37(48)35(38(49)45(41(44)52)31-18-10-6-14-26(31)2)34(29-21-23-43-24-22-29)36-39(50)46(32-19-11-7-15-27(32)3)42(53)47(40(36)51)33-20-12-8-16-28(33)4/h5-24,34,48,50H,1-4H3. The number of rotatable bonds is 7. The maximum atomic E-state index is 15.2. The van der Waals surface area contributed by atoms with Gasteiger partial charge in [0.15, 0.2) is 9.54 Å².